The lowest BCUT2D eigenvalue weighted by Gasteiger charge is -2.15. The van der Waals surface area contributed by atoms with Gasteiger partial charge in [0.1, 0.15) is 5.75 Å². The zero-order valence-corrected chi connectivity index (χ0v) is 9.73. The van der Waals surface area contributed by atoms with Crippen molar-refractivity contribution in [3.05, 3.63) is 29.3 Å². The van der Waals surface area contributed by atoms with Crippen LogP contribution in [-0.2, 0) is 13.1 Å². The van der Waals surface area contributed by atoms with Gasteiger partial charge in [-0.05, 0) is 30.2 Å². The fourth-order valence-corrected chi connectivity index (χ4v) is 2.13. The van der Waals surface area contributed by atoms with E-state index in [9.17, 15) is 0 Å². The molecule has 0 aliphatic carbocycles. The van der Waals surface area contributed by atoms with Gasteiger partial charge in [-0.1, -0.05) is 6.07 Å². The molecule has 0 bridgehead atoms. The standard InChI is InChI=1S/C13H16N2O/c1-10(6-14)7-15-8-11-3-4-13(16-2)5-12(11)9-15/h3-5,10H,7-9H2,1-2H3. The smallest absolute Gasteiger partial charge is 0.119 e. The molecule has 16 heavy (non-hydrogen) atoms. The first kappa shape index (κ1) is 11.0. The summed E-state index contributed by atoms with van der Waals surface area (Å²) < 4.78 is 5.21. The lowest BCUT2D eigenvalue weighted by atomic mass is 10.1. The Bertz CT molecular complexity index is 422. The molecule has 1 heterocycles. The van der Waals surface area contributed by atoms with Crippen LogP contribution in [0.25, 0.3) is 0 Å². The Kier molecular flexibility index (Phi) is 3.12. The van der Waals surface area contributed by atoms with E-state index in [1.165, 1.54) is 11.1 Å². The molecule has 0 fully saturated rings. The van der Waals surface area contributed by atoms with Crippen molar-refractivity contribution in [3.8, 4) is 11.8 Å². The summed E-state index contributed by atoms with van der Waals surface area (Å²) in [6.45, 7) is 4.68. The summed E-state index contributed by atoms with van der Waals surface area (Å²) in [6.07, 6.45) is 0. The van der Waals surface area contributed by atoms with Crippen LogP contribution < -0.4 is 4.74 Å². The molecule has 1 aliphatic rings. The summed E-state index contributed by atoms with van der Waals surface area (Å²) in [6, 6.07) is 8.48. The van der Waals surface area contributed by atoms with E-state index in [1.807, 2.05) is 13.0 Å². The fourth-order valence-electron chi connectivity index (χ4n) is 2.13. The minimum absolute atomic E-state index is 0.0937. The Morgan fingerprint density at radius 3 is 2.88 bits per heavy atom. The SMILES string of the molecule is COc1ccc2c(c1)CN(CC(C)C#N)C2. The zero-order valence-electron chi connectivity index (χ0n) is 9.73. The van der Waals surface area contributed by atoms with Crippen molar-refractivity contribution < 1.29 is 4.74 Å². The van der Waals surface area contributed by atoms with Crippen LogP contribution in [0.4, 0.5) is 0 Å². The predicted molar refractivity (Wildman–Crippen MR) is 61.9 cm³/mol. The highest BCUT2D eigenvalue weighted by Gasteiger charge is 2.20. The first-order chi connectivity index (χ1) is 7.72. The number of benzene rings is 1. The second-order valence-electron chi connectivity index (χ2n) is 4.33. The number of rotatable bonds is 3. The third-order valence-electron chi connectivity index (χ3n) is 2.95. The molecular formula is C13H16N2O. The lowest BCUT2D eigenvalue weighted by Crippen LogP contribution is -2.22. The second-order valence-corrected chi connectivity index (χ2v) is 4.33. The molecule has 0 saturated heterocycles. The van der Waals surface area contributed by atoms with Gasteiger partial charge in [0.2, 0.25) is 0 Å². The van der Waals surface area contributed by atoms with Gasteiger partial charge in [0, 0.05) is 19.6 Å². The van der Waals surface area contributed by atoms with Crippen LogP contribution in [0.3, 0.4) is 0 Å². The van der Waals surface area contributed by atoms with Crippen LogP contribution in [0.1, 0.15) is 18.1 Å². The number of fused-ring (bicyclic) bond motifs is 1. The molecule has 3 heteroatoms. The highest BCUT2D eigenvalue weighted by Crippen LogP contribution is 2.26. The highest BCUT2D eigenvalue weighted by atomic mass is 16.5. The van der Waals surface area contributed by atoms with Gasteiger partial charge < -0.3 is 4.74 Å². The predicted octanol–water partition coefficient (Wildman–Crippen LogP) is 2.17. The molecule has 0 aromatic heterocycles. The van der Waals surface area contributed by atoms with Gasteiger partial charge in [0.05, 0.1) is 19.1 Å². The molecule has 0 saturated carbocycles. The topological polar surface area (TPSA) is 36.3 Å². The van der Waals surface area contributed by atoms with E-state index in [2.05, 4.69) is 23.1 Å². The van der Waals surface area contributed by atoms with Crippen molar-refractivity contribution in [3.63, 3.8) is 0 Å². The Balaban J connectivity index is 2.07. The first-order valence-electron chi connectivity index (χ1n) is 5.50. The Labute approximate surface area is 96.2 Å². The van der Waals surface area contributed by atoms with E-state index in [1.54, 1.807) is 7.11 Å². The summed E-state index contributed by atoms with van der Waals surface area (Å²) in [5.74, 6) is 1.00. The Morgan fingerprint density at radius 1 is 1.44 bits per heavy atom. The number of nitrogens with zero attached hydrogens (tertiary/aromatic N) is 2. The van der Waals surface area contributed by atoms with Gasteiger partial charge in [0.15, 0.2) is 0 Å². The summed E-state index contributed by atoms with van der Waals surface area (Å²) >= 11 is 0. The van der Waals surface area contributed by atoms with Crippen LogP contribution >= 0.6 is 0 Å². The normalized spacial score (nSPS) is 16.6. The van der Waals surface area contributed by atoms with Gasteiger partial charge >= 0.3 is 0 Å². The van der Waals surface area contributed by atoms with Crippen molar-refractivity contribution in [2.75, 3.05) is 13.7 Å². The van der Waals surface area contributed by atoms with Gasteiger partial charge in [-0.25, -0.2) is 0 Å². The monoisotopic (exact) mass is 216 g/mol. The molecule has 1 aromatic rings. The van der Waals surface area contributed by atoms with E-state index < -0.39 is 0 Å². The van der Waals surface area contributed by atoms with Crippen LogP contribution in [0.15, 0.2) is 18.2 Å². The van der Waals surface area contributed by atoms with E-state index >= 15 is 0 Å². The Morgan fingerprint density at radius 2 is 2.19 bits per heavy atom. The molecule has 3 nitrogen and oxygen atoms in total. The molecule has 0 amide bonds. The summed E-state index contributed by atoms with van der Waals surface area (Å²) in [4.78, 5) is 2.30. The van der Waals surface area contributed by atoms with Crippen molar-refractivity contribution >= 4 is 0 Å². The number of hydrogen-bond donors (Lipinski definition) is 0. The van der Waals surface area contributed by atoms with Crippen molar-refractivity contribution in [1.29, 1.82) is 5.26 Å². The molecule has 0 spiro atoms. The third kappa shape index (κ3) is 2.17. The van der Waals surface area contributed by atoms with Crippen molar-refractivity contribution in [1.82, 2.24) is 4.90 Å². The molecule has 0 N–H and O–H groups in total. The molecule has 0 radical (unpaired) electrons. The average molecular weight is 216 g/mol. The van der Waals surface area contributed by atoms with Crippen LogP contribution in [-0.4, -0.2) is 18.6 Å². The first-order valence-corrected chi connectivity index (χ1v) is 5.50. The van der Waals surface area contributed by atoms with Crippen LogP contribution in [0.2, 0.25) is 0 Å². The molecule has 2 rings (SSSR count). The maximum Gasteiger partial charge on any atom is 0.119 e. The maximum atomic E-state index is 8.80. The Hall–Kier alpha value is -1.53. The zero-order chi connectivity index (χ0) is 11.5. The quantitative estimate of drug-likeness (QED) is 0.777. The molecular weight excluding hydrogens is 200 g/mol. The number of ether oxygens (including phenoxy) is 1. The second kappa shape index (κ2) is 4.54. The van der Waals surface area contributed by atoms with E-state index in [4.69, 9.17) is 10.00 Å². The molecule has 84 valence electrons. The lowest BCUT2D eigenvalue weighted by molar-refractivity contribution is 0.264. The van der Waals surface area contributed by atoms with Crippen molar-refractivity contribution in [2.24, 2.45) is 5.92 Å². The largest absolute Gasteiger partial charge is 0.497 e. The maximum absolute atomic E-state index is 8.80. The van der Waals surface area contributed by atoms with Gasteiger partial charge in [-0.3, -0.25) is 4.90 Å². The third-order valence-corrected chi connectivity index (χ3v) is 2.95. The van der Waals surface area contributed by atoms with Crippen LogP contribution in [0.5, 0.6) is 5.75 Å². The van der Waals surface area contributed by atoms with E-state index in [-0.39, 0.29) is 5.92 Å². The number of hydrogen-bond acceptors (Lipinski definition) is 3. The molecule has 1 unspecified atom stereocenters. The van der Waals surface area contributed by atoms with E-state index in [0.29, 0.717) is 0 Å². The fraction of sp³-hybridized carbons (Fsp3) is 0.462. The molecule has 1 aliphatic heterocycles. The van der Waals surface area contributed by atoms with Gasteiger partial charge in [0.25, 0.3) is 0 Å². The number of nitriles is 1. The summed E-state index contributed by atoms with van der Waals surface area (Å²) in [5, 5.41) is 8.80. The average Bonchev–Trinajstić information content (AvgIpc) is 2.69. The van der Waals surface area contributed by atoms with Gasteiger partial charge in [-0.15, -0.1) is 0 Å². The van der Waals surface area contributed by atoms with Gasteiger partial charge in [-0.2, -0.15) is 5.26 Å². The molecule has 1 aromatic carbocycles. The summed E-state index contributed by atoms with van der Waals surface area (Å²) in [7, 11) is 1.69. The minimum Gasteiger partial charge on any atom is -0.497 e. The minimum atomic E-state index is 0.0937. The molecule has 1 atom stereocenters. The van der Waals surface area contributed by atoms with Crippen LogP contribution in [0, 0.1) is 17.2 Å². The summed E-state index contributed by atoms with van der Waals surface area (Å²) in [5.41, 5.74) is 2.68. The highest BCUT2D eigenvalue weighted by molar-refractivity contribution is 5.37. The van der Waals surface area contributed by atoms with E-state index in [0.717, 1.165) is 25.4 Å². The van der Waals surface area contributed by atoms with Crippen molar-refractivity contribution in [2.45, 2.75) is 20.0 Å². The number of methoxy groups -OCH3 is 1.